The average molecular weight is 299 g/mol. The summed E-state index contributed by atoms with van der Waals surface area (Å²) >= 11 is 0. The van der Waals surface area contributed by atoms with Crippen LogP contribution in [0.25, 0.3) is 0 Å². The van der Waals surface area contributed by atoms with Gasteiger partial charge in [-0.3, -0.25) is 4.79 Å². The summed E-state index contributed by atoms with van der Waals surface area (Å²) in [7, 11) is 0. The minimum atomic E-state index is -4.62. The second kappa shape index (κ2) is 5.24. The maximum absolute atomic E-state index is 12.7. The number of carbonyl (C=O) groups is 1. The van der Waals surface area contributed by atoms with Gasteiger partial charge in [0.25, 0.3) is 0 Å². The van der Waals surface area contributed by atoms with E-state index in [0.29, 0.717) is 12.8 Å². The highest BCUT2D eigenvalue weighted by molar-refractivity contribution is 5.70. The highest BCUT2D eigenvalue weighted by Crippen LogP contribution is 2.39. The average Bonchev–Trinajstić information content (AvgIpc) is 2.34. The molecule has 2 N–H and O–H groups in total. The molecule has 5 nitrogen and oxygen atoms in total. The zero-order valence-electron chi connectivity index (χ0n) is 10.9. The van der Waals surface area contributed by atoms with Crippen molar-refractivity contribution in [3.63, 3.8) is 0 Å². The van der Waals surface area contributed by atoms with Crippen molar-refractivity contribution in [1.29, 1.82) is 5.26 Å². The smallest absolute Gasteiger partial charge is 0.433 e. The number of carboxylic acid groups (broad SMARTS) is 1. The first kappa shape index (κ1) is 15.1. The zero-order valence-corrected chi connectivity index (χ0v) is 10.9. The second-order valence-electron chi connectivity index (χ2n) is 5.03. The Hall–Kier alpha value is -2.30. The molecule has 112 valence electrons. The molecule has 2 rings (SSSR count). The Morgan fingerprint density at radius 3 is 2.57 bits per heavy atom. The van der Waals surface area contributed by atoms with Gasteiger partial charge in [-0.2, -0.15) is 18.4 Å². The van der Waals surface area contributed by atoms with Gasteiger partial charge in [0, 0.05) is 5.54 Å². The second-order valence-corrected chi connectivity index (χ2v) is 5.03. The predicted molar refractivity (Wildman–Crippen MR) is 66.4 cm³/mol. The molecule has 8 heteroatoms. The molecule has 1 aliphatic rings. The molecular weight excluding hydrogens is 287 g/mol. The van der Waals surface area contributed by atoms with Crippen molar-refractivity contribution in [1.82, 2.24) is 4.98 Å². The van der Waals surface area contributed by atoms with E-state index in [2.05, 4.69) is 10.3 Å². The number of nitrogens with zero attached hydrogens (tertiary/aromatic N) is 2. The third-order valence-corrected chi connectivity index (χ3v) is 3.49. The van der Waals surface area contributed by atoms with Crippen LogP contribution >= 0.6 is 0 Å². The maximum atomic E-state index is 12.7. The third kappa shape index (κ3) is 3.24. The first-order chi connectivity index (χ1) is 9.76. The van der Waals surface area contributed by atoms with Crippen molar-refractivity contribution >= 4 is 11.8 Å². The maximum Gasteiger partial charge on any atom is 0.433 e. The lowest BCUT2D eigenvalue weighted by atomic mass is 9.74. The molecule has 0 aromatic carbocycles. The molecule has 0 radical (unpaired) electrons. The van der Waals surface area contributed by atoms with E-state index in [0.717, 1.165) is 18.6 Å². The Labute approximate surface area is 118 Å². The lowest BCUT2D eigenvalue weighted by Crippen LogP contribution is -2.47. The van der Waals surface area contributed by atoms with E-state index in [-0.39, 0.29) is 17.8 Å². The number of anilines is 1. The molecule has 0 saturated heterocycles. The summed E-state index contributed by atoms with van der Waals surface area (Å²) in [6, 6.07) is 3.52. The number of aromatic nitrogens is 1. The number of carboxylic acids is 1. The van der Waals surface area contributed by atoms with Crippen LogP contribution in [0.1, 0.15) is 36.9 Å². The molecule has 1 heterocycles. The molecule has 1 aromatic rings. The number of hydrogen-bond donors (Lipinski definition) is 2. The molecule has 1 aliphatic carbocycles. The van der Waals surface area contributed by atoms with Crippen molar-refractivity contribution in [3.8, 4) is 6.07 Å². The van der Waals surface area contributed by atoms with Gasteiger partial charge in [-0.1, -0.05) is 0 Å². The van der Waals surface area contributed by atoms with Crippen LogP contribution in [0, 0.1) is 11.3 Å². The van der Waals surface area contributed by atoms with E-state index in [4.69, 9.17) is 10.4 Å². The highest BCUT2D eigenvalue weighted by Gasteiger charge is 2.40. The molecule has 0 spiro atoms. The number of pyridine rings is 1. The Kier molecular flexibility index (Phi) is 3.77. The van der Waals surface area contributed by atoms with Gasteiger partial charge in [-0.05, 0) is 31.4 Å². The number of aliphatic carboxylic acids is 1. The number of rotatable bonds is 4. The summed E-state index contributed by atoms with van der Waals surface area (Å²) in [6.07, 6.45) is -3.04. The molecule has 1 saturated carbocycles. The lowest BCUT2D eigenvalue weighted by Gasteiger charge is -2.42. The van der Waals surface area contributed by atoms with Crippen molar-refractivity contribution in [3.05, 3.63) is 23.4 Å². The molecule has 0 atom stereocenters. The van der Waals surface area contributed by atoms with Gasteiger partial charge in [0.2, 0.25) is 0 Å². The fraction of sp³-hybridized carbons (Fsp3) is 0.462. The van der Waals surface area contributed by atoms with Crippen molar-refractivity contribution in [2.45, 2.75) is 37.4 Å². The Bertz CT molecular complexity index is 604. The number of hydrogen-bond acceptors (Lipinski definition) is 4. The highest BCUT2D eigenvalue weighted by atomic mass is 19.4. The van der Waals surface area contributed by atoms with Crippen LogP contribution in [0.2, 0.25) is 0 Å². The standard InChI is InChI=1S/C13H12F3N3O2/c14-13(15,16)9-3-2-8(7-17)11(18-9)19-12(4-1-5-12)6-10(20)21/h2-3H,1,4-6H2,(H,18,19)(H,20,21). The first-order valence-electron chi connectivity index (χ1n) is 6.24. The van der Waals surface area contributed by atoms with E-state index in [1.807, 2.05) is 0 Å². The normalized spacial score (nSPS) is 16.7. The third-order valence-electron chi connectivity index (χ3n) is 3.49. The fourth-order valence-electron chi connectivity index (χ4n) is 2.29. The summed E-state index contributed by atoms with van der Waals surface area (Å²) in [5, 5.41) is 20.6. The molecule has 0 unspecified atom stereocenters. The summed E-state index contributed by atoms with van der Waals surface area (Å²) in [5.41, 5.74) is -1.98. The van der Waals surface area contributed by atoms with Gasteiger partial charge >= 0.3 is 12.1 Å². The zero-order chi connectivity index (χ0) is 15.7. The van der Waals surface area contributed by atoms with E-state index < -0.39 is 23.4 Å². The Morgan fingerprint density at radius 1 is 1.48 bits per heavy atom. The number of nitriles is 1. The minimum Gasteiger partial charge on any atom is -0.481 e. The van der Waals surface area contributed by atoms with Crippen molar-refractivity contribution in [2.75, 3.05) is 5.32 Å². The van der Waals surface area contributed by atoms with Crippen LogP contribution in [0.4, 0.5) is 19.0 Å². The predicted octanol–water partition coefficient (Wildman–Crippen LogP) is 2.78. The fourth-order valence-corrected chi connectivity index (χ4v) is 2.29. The van der Waals surface area contributed by atoms with Crippen LogP contribution in [0.15, 0.2) is 12.1 Å². The Morgan fingerprint density at radius 2 is 2.14 bits per heavy atom. The summed E-state index contributed by atoms with van der Waals surface area (Å²) in [6.45, 7) is 0. The number of alkyl halides is 3. The minimum absolute atomic E-state index is 0.0420. The summed E-state index contributed by atoms with van der Waals surface area (Å²) in [5.74, 6) is -1.26. The SMILES string of the molecule is N#Cc1ccc(C(F)(F)F)nc1NC1(CC(=O)O)CCC1. The van der Waals surface area contributed by atoms with Crippen LogP contribution in [-0.2, 0) is 11.0 Å². The monoisotopic (exact) mass is 299 g/mol. The molecule has 21 heavy (non-hydrogen) atoms. The molecule has 0 aliphatic heterocycles. The van der Waals surface area contributed by atoms with Gasteiger partial charge in [0.15, 0.2) is 0 Å². The van der Waals surface area contributed by atoms with Crippen molar-refractivity contribution in [2.24, 2.45) is 0 Å². The number of nitrogens with one attached hydrogen (secondary N) is 1. The van der Waals surface area contributed by atoms with E-state index in [1.165, 1.54) is 0 Å². The summed E-state index contributed by atoms with van der Waals surface area (Å²) in [4.78, 5) is 14.3. The van der Waals surface area contributed by atoms with Gasteiger partial charge in [-0.15, -0.1) is 0 Å². The molecule has 0 bridgehead atoms. The summed E-state index contributed by atoms with van der Waals surface area (Å²) < 4.78 is 38.0. The van der Waals surface area contributed by atoms with Gasteiger partial charge in [0.1, 0.15) is 17.6 Å². The van der Waals surface area contributed by atoms with Crippen LogP contribution in [0.3, 0.4) is 0 Å². The van der Waals surface area contributed by atoms with Crippen LogP contribution < -0.4 is 5.32 Å². The largest absolute Gasteiger partial charge is 0.481 e. The first-order valence-corrected chi connectivity index (χ1v) is 6.24. The number of halogens is 3. The van der Waals surface area contributed by atoms with Gasteiger partial charge in [0.05, 0.1) is 12.0 Å². The molecule has 1 fully saturated rings. The quantitative estimate of drug-likeness (QED) is 0.892. The van der Waals surface area contributed by atoms with Crippen LogP contribution in [0.5, 0.6) is 0 Å². The van der Waals surface area contributed by atoms with E-state index >= 15 is 0 Å². The van der Waals surface area contributed by atoms with E-state index in [9.17, 15) is 18.0 Å². The van der Waals surface area contributed by atoms with Gasteiger partial charge < -0.3 is 10.4 Å². The van der Waals surface area contributed by atoms with Gasteiger partial charge in [-0.25, -0.2) is 4.98 Å². The molecule has 0 amide bonds. The van der Waals surface area contributed by atoms with Crippen molar-refractivity contribution < 1.29 is 23.1 Å². The topological polar surface area (TPSA) is 86.0 Å². The van der Waals surface area contributed by atoms with E-state index in [1.54, 1.807) is 6.07 Å². The Balaban J connectivity index is 2.34. The molecular formula is C13H12F3N3O2. The van der Waals surface area contributed by atoms with Crippen LogP contribution in [-0.4, -0.2) is 21.6 Å². The molecule has 1 aromatic heterocycles. The lowest BCUT2D eigenvalue weighted by molar-refractivity contribution is -0.141.